The Hall–Kier alpha value is -3.25. The number of hydrogen-bond acceptors (Lipinski definition) is 3. The molecule has 0 spiro atoms. The first-order valence-electron chi connectivity index (χ1n) is 10.8. The highest BCUT2D eigenvalue weighted by atomic mass is 35.5. The van der Waals surface area contributed by atoms with E-state index in [-0.39, 0.29) is 11.8 Å². The molecule has 35 heavy (non-hydrogen) atoms. The fourth-order valence-corrected chi connectivity index (χ4v) is 4.75. The second-order valence-corrected chi connectivity index (χ2v) is 9.87. The zero-order chi connectivity index (χ0) is 24.8. The molecule has 0 heterocycles. The number of carbonyl (C=O) groups excluding carboxylic acids is 2. The smallest absolute Gasteiger partial charge is 0.255 e. The van der Waals surface area contributed by atoms with Gasteiger partial charge in [0.25, 0.3) is 5.91 Å². The summed E-state index contributed by atoms with van der Waals surface area (Å²) in [5, 5.41) is 6.14. The van der Waals surface area contributed by atoms with Crippen LogP contribution in [0.25, 0.3) is 0 Å². The number of hydrogen-bond donors (Lipinski definition) is 2. The zero-order valence-electron chi connectivity index (χ0n) is 18.8. The third kappa shape index (κ3) is 6.67. The molecule has 7 heteroatoms. The predicted molar refractivity (Wildman–Crippen MR) is 146 cm³/mol. The summed E-state index contributed by atoms with van der Waals surface area (Å²) in [5.41, 5.74) is 3.74. The average molecular weight is 521 g/mol. The van der Waals surface area contributed by atoms with Gasteiger partial charge in [0.1, 0.15) is 5.25 Å². The maximum absolute atomic E-state index is 13.2. The molecule has 0 aliphatic rings. The first-order chi connectivity index (χ1) is 16.9. The molecule has 4 aromatic rings. The summed E-state index contributed by atoms with van der Waals surface area (Å²) in [5.74, 6) is -0.353. The summed E-state index contributed by atoms with van der Waals surface area (Å²) in [6.45, 7) is 1.95. The van der Waals surface area contributed by atoms with E-state index in [0.29, 0.717) is 27.0 Å². The summed E-state index contributed by atoms with van der Waals surface area (Å²) in [6.07, 6.45) is 0. The monoisotopic (exact) mass is 520 g/mol. The van der Waals surface area contributed by atoms with Crippen LogP contribution >= 0.6 is 35.0 Å². The standard InChI is InChI=1S/C28H22Cl2N2O2S/c1-18-6-5-9-20(16-18)27(33)31-21-10-13-23(14-11-21)35-26(19-7-3-2-4-8-19)28(34)32-22-12-15-24(29)25(30)17-22/h2-17,26H,1H3,(H,31,33)(H,32,34). The SMILES string of the molecule is Cc1cccc(C(=O)Nc2ccc(SC(C(=O)Nc3ccc(Cl)c(Cl)c3)c3ccccc3)cc2)c1. The minimum atomic E-state index is -0.501. The van der Waals surface area contributed by atoms with E-state index in [4.69, 9.17) is 23.2 Å². The van der Waals surface area contributed by atoms with E-state index in [1.165, 1.54) is 11.8 Å². The van der Waals surface area contributed by atoms with Gasteiger partial charge in [0.15, 0.2) is 0 Å². The molecule has 0 aliphatic carbocycles. The van der Waals surface area contributed by atoms with Gasteiger partial charge in [0, 0.05) is 21.8 Å². The molecular weight excluding hydrogens is 499 g/mol. The van der Waals surface area contributed by atoms with Crippen molar-refractivity contribution in [1.29, 1.82) is 0 Å². The van der Waals surface area contributed by atoms with Crippen LogP contribution in [0.4, 0.5) is 11.4 Å². The third-order valence-electron chi connectivity index (χ3n) is 5.17. The number of carbonyl (C=O) groups is 2. The van der Waals surface area contributed by atoms with Crippen molar-refractivity contribution in [1.82, 2.24) is 0 Å². The normalized spacial score (nSPS) is 11.5. The van der Waals surface area contributed by atoms with Gasteiger partial charge in [0.2, 0.25) is 5.91 Å². The highest BCUT2D eigenvalue weighted by Gasteiger charge is 2.22. The van der Waals surface area contributed by atoms with Crippen molar-refractivity contribution >= 4 is 58.2 Å². The lowest BCUT2D eigenvalue weighted by Crippen LogP contribution is -2.19. The van der Waals surface area contributed by atoms with Gasteiger partial charge in [-0.2, -0.15) is 0 Å². The summed E-state index contributed by atoms with van der Waals surface area (Å²) < 4.78 is 0. The van der Waals surface area contributed by atoms with Gasteiger partial charge in [-0.15, -0.1) is 11.8 Å². The second kappa shape index (κ2) is 11.5. The van der Waals surface area contributed by atoms with Gasteiger partial charge in [-0.05, 0) is 67.1 Å². The molecule has 0 fully saturated rings. The Balaban J connectivity index is 1.49. The Morgan fingerprint density at radius 3 is 2.14 bits per heavy atom. The van der Waals surface area contributed by atoms with E-state index in [1.807, 2.05) is 79.7 Å². The van der Waals surface area contributed by atoms with Gasteiger partial charge < -0.3 is 10.6 Å². The number of rotatable bonds is 7. The topological polar surface area (TPSA) is 58.2 Å². The van der Waals surface area contributed by atoms with Crippen LogP contribution in [0.2, 0.25) is 10.0 Å². The van der Waals surface area contributed by atoms with Crippen LogP contribution in [0, 0.1) is 6.92 Å². The summed E-state index contributed by atoms with van der Waals surface area (Å²) in [7, 11) is 0. The minimum absolute atomic E-state index is 0.169. The van der Waals surface area contributed by atoms with E-state index >= 15 is 0 Å². The molecule has 0 aromatic heterocycles. The minimum Gasteiger partial charge on any atom is -0.325 e. The van der Waals surface area contributed by atoms with Crippen LogP contribution in [0.5, 0.6) is 0 Å². The van der Waals surface area contributed by atoms with Crippen molar-refractivity contribution in [2.24, 2.45) is 0 Å². The third-order valence-corrected chi connectivity index (χ3v) is 7.18. The van der Waals surface area contributed by atoms with Crippen LogP contribution in [0.1, 0.15) is 26.7 Å². The molecule has 1 atom stereocenters. The molecule has 0 radical (unpaired) electrons. The average Bonchev–Trinajstić information content (AvgIpc) is 2.86. The number of aryl methyl sites for hydroxylation is 1. The van der Waals surface area contributed by atoms with Gasteiger partial charge in [-0.1, -0.05) is 71.2 Å². The highest BCUT2D eigenvalue weighted by Crippen LogP contribution is 2.37. The van der Waals surface area contributed by atoms with Crippen LogP contribution in [0.3, 0.4) is 0 Å². The lowest BCUT2D eigenvalue weighted by atomic mass is 10.1. The molecule has 0 saturated heterocycles. The number of anilines is 2. The first kappa shape index (κ1) is 24.9. The van der Waals surface area contributed by atoms with E-state index in [0.717, 1.165) is 16.0 Å². The molecule has 1 unspecified atom stereocenters. The van der Waals surface area contributed by atoms with Gasteiger partial charge in [-0.25, -0.2) is 0 Å². The lowest BCUT2D eigenvalue weighted by molar-refractivity contribution is -0.115. The first-order valence-corrected chi connectivity index (χ1v) is 12.5. The van der Waals surface area contributed by atoms with Gasteiger partial charge in [-0.3, -0.25) is 9.59 Å². The fourth-order valence-electron chi connectivity index (χ4n) is 3.42. The Kier molecular flexibility index (Phi) is 8.13. The van der Waals surface area contributed by atoms with E-state index in [1.54, 1.807) is 24.3 Å². The quantitative estimate of drug-likeness (QED) is 0.242. The van der Waals surface area contributed by atoms with E-state index in [9.17, 15) is 9.59 Å². The number of nitrogens with one attached hydrogen (secondary N) is 2. The molecule has 2 N–H and O–H groups in total. The highest BCUT2D eigenvalue weighted by molar-refractivity contribution is 8.00. The maximum atomic E-state index is 13.2. The lowest BCUT2D eigenvalue weighted by Gasteiger charge is -2.18. The number of amides is 2. The predicted octanol–water partition coefficient (Wildman–Crippen LogP) is 8.03. The molecule has 0 aliphatic heterocycles. The number of benzene rings is 4. The van der Waals surface area contributed by atoms with Crippen molar-refractivity contribution in [2.75, 3.05) is 10.6 Å². The molecule has 0 saturated carbocycles. The van der Waals surface area contributed by atoms with Crippen molar-refractivity contribution in [3.05, 3.63) is 124 Å². The van der Waals surface area contributed by atoms with E-state index in [2.05, 4.69) is 10.6 Å². The largest absolute Gasteiger partial charge is 0.325 e. The van der Waals surface area contributed by atoms with Crippen LogP contribution < -0.4 is 10.6 Å². The molecule has 176 valence electrons. The van der Waals surface area contributed by atoms with Crippen LogP contribution in [0.15, 0.2) is 102 Å². The zero-order valence-corrected chi connectivity index (χ0v) is 21.1. The number of halogens is 2. The van der Waals surface area contributed by atoms with E-state index < -0.39 is 5.25 Å². The van der Waals surface area contributed by atoms with Crippen LogP contribution in [-0.4, -0.2) is 11.8 Å². The summed E-state index contributed by atoms with van der Waals surface area (Å²) in [6, 6.07) is 29.4. The maximum Gasteiger partial charge on any atom is 0.255 e. The van der Waals surface area contributed by atoms with Crippen molar-refractivity contribution in [3.63, 3.8) is 0 Å². The van der Waals surface area contributed by atoms with Gasteiger partial charge >= 0.3 is 0 Å². The molecule has 4 aromatic carbocycles. The molecule has 4 rings (SSSR count). The fraction of sp³-hybridized carbons (Fsp3) is 0.0714. The van der Waals surface area contributed by atoms with Gasteiger partial charge in [0.05, 0.1) is 10.0 Å². The van der Waals surface area contributed by atoms with Crippen LogP contribution in [-0.2, 0) is 4.79 Å². The van der Waals surface area contributed by atoms with Crippen molar-refractivity contribution in [2.45, 2.75) is 17.1 Å². The Morgan fingerprint density at radius 1 is 0.743 bits per heavy atom. The second-order valence-electron chi connectivity index (χ2n) is 7.87. The summed E-state index contributed by atoms with van der Waals surface area (Å²) >= 11 is 13.5. The van der Waals surface area contributed by atoms with Crippen molar-refractivity contribution in [3.8, 4) is 0 Å². The Morgan fingerprint density at radius 2 is 1.46 bits per heavy atom. The Bertz CT molecular complexity index is 1340. The number of thioether (sulfide) groups is 1. The molecular formula is C28H22Cl2N2O2S. The van der Waals surface area contributed by atoms with Crippen molar-refractivity contribution < 1.29 is 9.59 Å². The molecule has 2 amide bonds. The Labute approximate surface area is 218 Å². The summed E-state index contributed by atoms with van der Waals surface area (Å²) in [4.78, 5) is 26.7. The molecule has 0 bridgehead atoms. The molecule has 4 nitrogen and oxygen atoms in total.